The van der Waals surface area contributed by atoms with Crippen LogP contribution in [0.4, 0.5) is 13.2 Å². The number of piperidine rings is 1. The van der Waals surface area contributed by atoms with Gasteiger partial charge in [-0.25, -0.2) is 0 Å². The van der Waals surface area contributed by atoms with E-state index in [1.54, 1.807) is 12.1 Å². The van der Waals surface area contributed by atoms with Crippen LogP contribution in [0.3, 0.4) is 0 Å². The van der Waals surface area contributed by atoms with E-state index < -0.39 is 39.3 Å². The minimum Gasteiger partial charge on any atom is -0.380 e. The second kappa shape index (κ2) is 6.59. The van der Waals surface area contributed by atoms with Crippen LogP contribution in [0.1, 0.15) is 36.3 Å². The molecule has 7 nitrogen and oxygen atoms in total. The molecule has 0 saturated carbocycles. The molecular formula is C19H17F3N2O5S. The van der Waals surface area contributed by atoms with Crippen LogP contribution in [-0.2, 0) is 19.1 Å². The molecule has 1 fully saturated rings. The summed E-state index contributed by atoms with van der Waals surface area (Å²) in [5.74, 6) is -2.44. The maximum Gasteiger partial charge on any atom is 0.534 e. The smallest absolute Gasteiger partial charge is 0.380 e. The van der Waals surface area contributed by atoms with E-state index >= 15 is 0 Å². The van der Waals surface area contributed by atoms with Crippen molar-refractivity contribution in [2.24, 2.45) is 5.92 Å². The highest BCUT2D eigenvalue weighted by molar-refractivity contribution is 7.87. The second-order valence-electron chi connectivity index (χ2n) is 7.38. The van der Waals surface area contributed by atoms with Crippen molar-refractivity contribution >= 4 is 32.8 Å². The lowest BCUT2D eigenvalue weighted by Gasteiger charge is -2.37. The van der Waals surface area contributed by atoms with Crippen LogP contribution in [0.25, 0.3) is 10.9 Å². The van der Waals surface area contributed by atoms with Crippen molar-refractivity contribution in [2.45, 2.75) is 31.3 Å². The monoisotopic (exact) mass is 442 g/mol. The minimum absolute atomic E-state index is 0.163. The zero-order valence-corrected chi connectivity index (χ0v) is 16.7. The van der Waals surface area contributed by atoms with Gasteiger partial charge in [-0.1, -0.05) is 18.2 Å². The number of rotatable bonds is 2. The van der Waals surface area contributed by atoms with Crippen LogP contribution in [0.5, 0.6) is 0 Å². The summed E-state index contributed by atoms with van der Waals surface area (Å²) < 4.78 is 66.7. The number of hydrogen-bond donors (Lipinski definition) is 0. The number of benzene rings is 1. The number of fused-ring (bicyclic) bond motifs is 6. The number of carbonyl (C=O) groups excluding carboxylic acids is 2. The Morgan fingerprint density at radius 2 is 1.87 bits per heavy atom. The number of aromatic nitrogens is 1. The first kappa shape index (κ1) is 20.5. The van der Waals surface area contributed by atoms with E-state index in [1.807, 2.05) is 18.2 Å². The van der Waals surface area contributed by atoms with Crippen molar-refractivity contribution < 1.29 is 35.4 Å². The fourth-order valence-corrected chi connectivity index (χ4v) is 4.77. The molecule has 0 spiro atoms. The lowest BCUT2D eigenvalue weighted by atomic mass is 9.83. The molecule has 1 amide bonds. The summed E-state index contributed by atoms with van der Waals surface area (Å²) in [7, 11) is -4.46. The highest BCUT2D eigenvalue weighted by Gasteiger charge is 2.50. The number of allylic oxidation sites excluding steroid dienone is 1. The van der Waals surface area contributed by atoms with Crippen molar-refractivity contribution in [1.29, 1.82) is 0 Å². The Labute approximate surface area is 169 Å². The molecule has 4 rings (SSSR count). The van der Waals surface area contributed by atoms with Gasteiger partial charge < -0.3 is 9.08 Å². The normalized spacial score (nSPS) is 24.0. The summed E-state index contributed by atoms with van der Waals surface area (Å²) in [6.07, 6.45) is 0.0935. The maximum absolute atomic E-state index is 13.0. The van der Waals surface area contributed by atoms with Crippen molar-refractivity contribution in [3.63, 3.8) is 0 Å². The van der Waals surface area contributed by atoms with Crippen LogP contribution in [0.2, 0.25) is 0 Å². The molecule has 2 aliphatic rings. The first-order chi connectivity index (χ1) is 13.9. The molecule has 2 bridgehead atoms. The average Bonchev–Trinajstić information content (AvgIpc) is 2.97. The molecule has 2 aliphatic heterocycles. The molecule has 3 heterocycles. The third-order valence-electron chi connectivity index (χ3n) is 5.58. The molecule has 11 heteroatoms. The Bertz CT molecular complexity index is 1210. The maximum atomic E-state index is 13.0. The fraction of sp³-hybridized carbons (Fsp3) is 0.368. The SMILES string of the molecule is C/C(OS(=O)(=O)C(F)(F)F)=C1\C(=O)N(C)[C@H]2C[C@@H]1CC(=O)n1c2cc2ccccc21. The van der Waals surface area contributed by atoms with Gasteiger partial charge in [0.15, 0.2) is 0 Å². The minimum atomic E-state index is -5.93. The van der Waals surface area contributed by atoms with Gasteiger partial charge in [0.25, 0.3) is 5.91 Å². The summed E-state index contributed by atoms with van der Waals surface area (Å²) in [6.45, 7) is 0.996. The molecule has 2 atom stereocenters. The number of likely N-dealkylation sites (tertiary alicyclic amines) is 1. The summed E-state index contributed by atoms with van der Waals surface area (Å²) in [4.78, 5) is 27.3. The molecule has 1 saturated heterocycles. The molecule has 0 unspecified atom stereocenters. The third kappa shape index (κ3) is 2.99. The molecule has 0 aliphatic carbocycles. The van der Waals surface area contributed by atoms with E-state index in [4.69, 9.17) is 0 Å². The van der Waals surface area contributed by atoms with E-state index in [2.05, 4.69) is 4.18 Å². The van der Waals surface area contributed by atoms with E-state index in [0.29, 0.717) is 11.2 Å². The van der Waals surface area contributed by atoms with Crippen molar-refractivity contribution in [3.05, 3.63) is 47.4 Å². The fourth-order valence-electron chi connectivity index (χ4n) is 4.25. The number of para-hydroxylation sites is 1. The number of carbonyl (C=O) groups is 2. The van der Waals surface area contributed by atoms with Crippen LogP contribution >= 0.6 is 0 Å². The Morgan fingerprint density at radius 3 is 2.53 bits per heavy atom. The van der Waals surface area contributed by atoms with Crippen LogP contribution in [0, 0.1) is 5.92 Å². The van der Waals surface area contributed by atoms with E-state index in [1.165, 1.54) is 16.5 Å². The van der Waals surface area contributed by atoms with Gasteiger partial charge in [-0.15, -0.1) is 0 Å². The third-order valence-corrected chi connectivity index (χ3v) is 6.62. The Kier molecular flexibility index (Phi) is 4.49. The van der Waals surface area contributed by atoms with Crippen LogP contribution < -0.4 is 0 Å². The van der Waals surface area contributed by atoms with Gasteiger partial charge in [-0.2, -0.15) is 21.6 Å². The van der Waals surface area contributed by atoms with Gasteiger partial charge in [0.2, 0.25) is 5.91 Å². The van der Waals surface area contributed by atoms with Crippen LogP contribution in [-0.4, -0.2) is 42.3 Å². The zero-order valence-electron chi connectivity index (χ0n) is 15.9. The zero-order chi connectivity index (χ0) is 22.0. The van der Waals surface area contributed by atoms with Crippen LogP contribution in [0.15, 0.2) is 41.7 Å². The van der Waals surface area contributed by atoms with Gasteiger partial charge in [0.05, 0.1) is 17.1 Å². The molecule has 0 radical (unpaired) electrons. The Balaban J connectivity index is 1.81. The number of amides is 1. The van der Waals surface area contributed by atoms with Crippen molar-refractivity contribution in [2.75, 3.05) is 7.05 Å². The van der Waals surface area contributed by atoms with Gasteiger partial charge in [-0.05, 0) is 25.5 Å². The molecule has 30 heavy (non-hydrogen) atoms. The first-order valence-electron chi connectivity index (χ1n) is 9.04. The Morgan fingerprint density at radius 1 is 1.20 bits per heavy atom. The predicted molar refractivity (Wildman–Crippen MR) is 99.6 cm³/mol. The number of likely N-dealkylation sites (N-methyl/N-ethyl adjacent to an activating group) is 1. The summed E-state index contributed by atoms with van der Waals surface area (Å²) in [5, 5.41) is 0.831. The molecule has 1 aromatic carbocycles. The lowest BCUT2D eigenvalue weighted by Crippen LogP contribution is -2.41. The standard InChI is InChI=1S/C19H17F3N2O5S/c1-10(29-30(27,28)19(20,21)22)17-12-8-14(23(2)18(17)26)15-7-11-5-3-4-6-13(11)24(15)16(25)9-12/h3-7,12,14H,8-9H2,1-2H3/b17-10+/t12-,14+/m1/s1. The summed E-state index contributed by atoms with van der Waals surface area (Å²) >= 11 is 0. The molecule has 2 aromatic rings. The van der Waals surface area contributed by atoms with E-state index in [9.17, 15) is 31.2 Å². The molecule has 160 valence electrons. The van der Waals surface area contributed by atoms with Crippen molar-refractivity contribution in [1.82, 2.24) is 9.47 Å². The van der Waals surface area contributed by atoms with Gasteiger partial charge in [-0.3, -0.25) is 14.2 Å². The molecular weight excluding hydrogens is 425 g/mol. The van der Waals surface area contributed by atoms with Gasteiger partial charge in [0.1, 0.15) is 5.76 Å². The summed E-state index contributed by atoms with van der Waals surface area (Å²) in [5.41, 5.74) is -4.58. The van der Waals surface area contributed by atoms with Crippen molar-refractivity contribution in [3.8, 4) is 0 Å². The second-order valence-corrected chi connectivity index (χ2v) is 8.92. The summed E-state index contributed by atoms with van der Waals surface area (Å²) in [6, 6.07) is 8.55. The quantitative estimate of drug-likeness (QED) is 0.308. The molecule has 0 N–H and O–H groups in total. The highest BCUT2D eigenvalue weighted by Crippen LogP contribution is 2.44. The first-order valence-corrected chi connectivity index (χ1v) is 10.5. The van der Waals surface area contributed by atoms with E-state index in [0.717, 1.165) is 12.3 Å². The lowest BCUT2D eigenvalue weighted by molar-refractivity contribution is -0.131. The Hall–Kier alpha value is -2.82. The van der Waals surface area contributed by atoms with Gasteiger partial charge >= 0.3 is 15.6 Å². The highest BCUT2D eigenvalue weighted by atomic mass is 32.2. The predicted octanol–water partition coefficient (Wildman–Crippen LogP) is 3.34. The average molecular weight is 442 g/mol. The van der Waals surface area contributed by atoms with Gasteiger partial charge in [0, 0.05) is 30.5 Å². The topological polar surface area (TPSA) is 85.7 Å². The van der Waals surface area contributed by atoms with E-state index in [-0.39, 0.29) is 24.3 Å². The number of hydrogen-bond acceptors (Lipinski definition) is 5. The largest absolute Gasteiger partial charge is 0.534 e. The number of alkyl halides is 3. The number of nitrogens with zero attached hydrogens (tertiary/aromatic N) is 2. The molecule has 1 aromatic heterocycles. The number of halogens is 3.